The Kier molecular flexibility index (Phi) is 4.17. The van der Waals surface area contributed by atoms with Crippen molar-refractivity contribution in [2.45, 2.75) is 44.4 Å². The van der Waals surface area contributed by atoms with Crippen molar-refractivity contribution in [2.75, 3.05) is 0 Å². The predicted molar refractivity (Wildman–Crippen MR) is 69.3 cm³/mol. The van der Waals surface area contributed by atoms with E-state index in [1.54, 1.807) is 6.07 Å². The summed E-state index contributed by atoms with van der Waals surface area (Å²) in [7, 11) is 0. The number of ether oxygens (including phenoxy) is 1. The molecule has 3 unspecified atom stereocenters. The fourth-order valence-corrected chi connectivity index (χ4v) is 2.64. The van der Waals surface area contributed by atoms with Gasteiger partial charge in [0.2, 0.25) is 0 Å². The number of rotatable bonds is 3. The van der Waals surface area contributed by atoms with Crippen LogP contribution >= 0.6 is 15.9 Å². The molecule has 0 spiro atoms. The van der Waals surface area contributed by atoms with Crippen LogP contribution in [0.2, 0.25) is 0 Å². The van der Waals surface area contributed by atoms with Gasteiger partial charge in [-0.3, -0.25) is 0 Å². The average molecular weight is 302 g/mol. The van der Waals surface area contributed by atoms with E-state index < -0.39 is 0 Å². The Labute approximate surface area is 109 Å². The molecule has 2 nitrogen and oxygen atoms in total. The molecule has 4 heteroatoms. The molecule has 1 fully saturated rings. The van der Waals surface area contributed by atoms with E-state index in [1.165, 1.54) is 12.1 Å². The molecule has 1 saturated heterocycles. The Balaban J connectivity index is 2.02. The summed E-state index contributed by atoms with van der Waals surface area (Å²) < 4.78 is 19.8. The summed E-state index contributed by atoms with van der Waals surface area (Å²) in [6.07, 6.45) is 3.08. The number of hydrogen-bond acceptors (Lipinski definition) is 2. The van der Waals surface area contributed by atoms with E-state index in [-0.39, 0.29) is 18.0 Å². The van der Waals surface area contributed by atoms with Crippen molar-refractivity contribution in [3.63, 3.8) is 0 Å². The lowest BCUT2D eigenvalue weighted by Gasteiger charge is -2.20. The van der Waals surface area contributed by atoms with Gasteiger partial charge in [-0.1, -0.05) is 15.9 Å². The molecule has 1 aromatic rings. The van der Waals surface area contributed by atoms with Crippen molar-refractivity contribution in [2.24, 2.45) is 5.73 Å². The molecule has 94 valence electrons. The Morgan fingerprint density at radius 3 is 2.94 bits per heavy atom. The van der Waals surface area contributed by atoms with Gasteiger partial charge in [0.1, 0.15) is 5.82 Å². The third-order valence-corrected chi connectivity index (χ3v) is 3.98. The molecule has 1 aliphatic rings. The molecule has 0 amide bonds. The molecular formula is C13H17BrFNO. The first-order valence-electron chi connectivity index (χ1n) is 5.91. The lowest BCUT2D eigenvalue weighted by atomic mass is 10.00. The molecule has 0 saturated carbocycles. The number of halogens is 2. The smallest absolute Gasteiger partial charge is 0.123 e. The summed E-state index contributed by atoms with van der Waals surface area (Å²) in [5.41, 5.74) is 7.03. The SMILES string of the molecule is CC1CCC(C(N)Cc2cc(F)ccc2Br)O1. The van der Waals surface area contributed by atoms with Gasteiger partial charge in [-0.2, -0.15) is 0 Å². The summed E-state index contributed by atoms with van der Waals surface area (Å²) in [5.74, 6) is -0.226. The van der Waals surface area contributed by atoms with Gasteiger partial charge in [0.15, 0.2) is 0 Å². The second kappa shape index (κ2) is 5.46. The summed E-state index contributed by atoms with van der Waals surface area (Å²) >= 11 is 3.42. The highest BCUT2D eigenvalue weighted by atomic mass is 79.9. The van der Waals surface area contributed by atoms with E-state index in [1.807, 2.05) is 0 Å². The topological polar surface area (TPSA) is 35.2 Å². The van der Waals surface area contributed by atoms with Gasteiger partial charge < -0.3 is 10.5 Å². The highest BCUT2D eigenvalue weighted by Crippen LogP contribution is 2.25. The molecule has 0 aromatic heterocycles. The first kappa shape index (κ1) is 13.0. The summed E-state index contributed by atoms with van der Waals surface area (Å²) in [5, 5.41) is 0. The normalized spacial score (nSPS) is 26.1. The minimum Gasteiger partial charge on any atom is -0.374 e. The van der Waals surface area contributed by atoms with E-state index >= 15 is 0 Å². The van der Waals surface area contributed by atoms with Gasteiger partial charge in [-0.25, -0.2) is 4.39 Å². The molecule has 1 heterocycles. The second-order valence-corrected chi connectivity index (χ2v) is 5.52. The number of benzene rings is 1. The van der Waals surface area contributed by atoms with Crippen molar-refractivity contribution < 1.29 is 9.13 Å². The van der Waals surface area contributed by atoms with Crippen LogP contribution in [0.4, 0.5) is 4.39 Å². The van der Waals surface area contributed by atoms with Gasteiger partial charge in [-0.15, -0.1) is 0 Å². The van der Waals surface area contributed by atoms with Crippen molar-refractivity contribution in [1.29, 1.82) is 0 Å². The molecule has 2 N–H and O–H groups in total. The maximum absolute atomic E-state index is 13.1. The van der Waals surface area contributed by atoms with Crippen LogP contribution in [0.5, 0.6) is 0 Å². The first-order chi connectivity index (χ1) is 8.06. The predicted octanol–water partition coefficient (Wildman–Crippen LogP) is 3.03. The monoisotopic (exact) mass is 301 g/mol. The molecule has 2 rings (SSSR count). The van der Waals surface area contributed by atoms with Gasteiger partial charge >= 0.3 is 0 Å². The minimum atomic E-state index is -0.226. The van der Waals surface area contributed by atoms with Gasteiger partial charge in [-0.05, 0) is 49.9 Å². The molecule has 1 aliphatic heterocycles. The molecule has 0 aliphatic carbocycles. The third kappa shape index (κ3) is 3.27. The fraction of sp³-hybridized carbons (Fsp3) is 0.538. The van der Waals surface area contributed by atoms with E-state index in [0.717, 1.165) is 22.9 Å². The van der Waals surface area contributed by atoms with E-state index in [2.05, 4.69) is 22.9 Å². The molecule has 0 radical (unpaired) electrons. The maximum Gasteiger partial charge on any atom is 0.123 e. The Hall–Kier alpha value is -0.450. The number of hydrogen-bond donors (Lipinski definition) is 1. The van der Waals surface area contributed by atoms with Crippen LogP contribution in [0.1, 0.15) is 25.3 Å². The van der Waals surface area contributed by atoms with Crippen LogP contribution in [-0.2, 0) is 11.2 Å². The Morgan fingerprint density at radius 1 is 1.53 bits per heavy atom. The lowest BCUT2D eigenvalue weighted by Crippen LogP contribution is -2.36. The zero-order valence-corrected chi connectivity index (χ0v) is 11.4. The third-order valence-electron chi connectivity index (χ3n) is 3.21. The summed E-state index contributed by atoms with van der Waals surface area (Å²) in [4.78, 5) is 0. The van der Waals surface area contributed by atoms with E-state index in [9.17, 15) is 4.39 Å². The van der Waals surface area contributed by atoms with Crippen molar-refractivity contribution >= 4 is 15.9 Å². The molecule has 1 aromatic carbocycles. The highest BCUT2D eigenvalue weighted by molar-refractivity contribution is 9.10. The zero-order valence-electron chi connectivity index (χ0n) is 9.83. The quantitative estimate of drug-likeness (QED) is 0.931. The van der Waals surface area contributed by atoms with Crippen LogP contribution in [0.25, 0.3) is 0 Å². The lowest BCUT2D eigenvalue weighted by molar-refractivity contribution is 0.0404. The van der Waals surface area contributed by atoms with Crippen LogP contribution in [-0.4, -0.2) is 18.2 Å². The van der Waals surface area contributed by atoms with Crippen LogP contribution in [0, 0.1) is 5.82 Å². The second-order valence-electron chi connectivity index (χ2n) is 4.67. The molecule has 0 bridgehead atoms. The van der Waals surface area contributed by atoms with Crippen molar-refractivity contribution in [1.82, 2.24) is 0 Å². The average Bonchev–Trinajstić information content (AvgIpc) is 2.70. The first-order valence-corrected chi connectivity index (χ1v) is 6.70. The molecule has 3 atom stereocenters. The highest BCUT2D eigenvalue weighted by Gasteiger charge is 2.27. The standard InChI is InChI=1S/C13H17BrFNO/c1-8-2-5-13(17-8)12(16)7-9-6-10(15)3-4-11(9)14/h3-4,6,8,12-13H,2,5,7,16H2,1H3. The number of nitrogens with two attached hydrogens (primary N) is 1. The Morgan fingerprint density at radius 2 is 2.29 bits per heavy atom. The van der Waals surface area contributed by atoms with Crippen LogP contribution in [0.3, 0.4) is 0 Å². The van der Waals surface area contributed by atoms with E-state index in [0.29, 0.717) is 12.5 Å². The van der Waals surface area contributed by atoms with E-state index in [4.69, 9.17) is 10.5 Å². The van der Waals surface area contributed by atoms with Crippen molar-refractivity contribution in [3.05, 3.63) is 34.1 Å². The molecule has 17 heavy (non-hydrogen) atoms. The van der Waals surface area contributed by atoms with Gasteiger partial charge in [0, 0.05) is 10.5 Å². The van der Waals surface area contributed by atoms with Gasteiger partial charge in [0.05, 0.1) is 12.2 Å². The summed E-state index contributed by atoms with van der Waals surface area (Å²) in [6, 6.07) is 4.61. The molecular weight excluding hydrogens is 285 g/mol. The summed E-state index contributed by atoms with van der Waals surface area (Å²) in [6.45, 7) is 2.06. The maximum atomic E-state index is 13.1. The minimum absolute atomic E-state index is 0.0713. The van der Waals surface area contributed by atoms with Gasteiger partial charge in [0.25, 0.3) is 0 Å². The largest absolute Gasteiger partial charge is 0.374 e. The Bertz CT molecular complexity index is 399. The fourth-order valence-electron chi connectivity index (χ4n) is 2.23. The zero-order chi connectivity index (χ0) is 12.4. The van der Waals surface area contributed by atoms with Crippen LogP contribution < -0.4 is 5.73 Å². The van der Waals surface area contributed by atoms with Crippen LogP contribution in [0.15, 0.2) is 22.7 Å². The van der Waals surface area contributed by atoms with Crippen molar-refractivity contribution in [3.8, 4) is 0 Å².